The van der Waals surface area contributed by atoms with E-state index in [4.69, 9.17) is 4.74 Å². The lowest BCUT2D eigenvalue weighted by atomic mass is 10.1. The second kappa shape index (κ2) is 6.36. The Morgan fingerprint density at radius 1 is 1.22 bits per heavy atom. The summed E-state index contributed by atoms with van der Waals surface area (Å²) in [5.74, 6) is -1.15. The highest BCUT2D eigenvalue weighted by molar-refractivity contribution is 5.95. The monoisotopic (exact) mass is 317 g/mol. The Hall–Kier alpha value is -2.43. The maximum atomic E-state index is 13.6. The number of benzene rings is 2. The number of hydrogen-bond acceptors (Lipinski definition) is 2. The number of rotatable bonds is 4. The maximum Gasteiger partial charge on any atom is 0.257 e. The molecule has 1 heterocycles. The van der Waals surface area contributed by atoms with Gasteiger partial charge in [-0.15, -0.1) is 0 Å². The SMILES string of the molecule is CCc1ccccc1OC1CN(C(=O)c2ccc(F)cc2F)C1. The summed E-state index contributed by atoms with van der Waals surface area (Å²) in [4.78, 5) is 13.7. The molecule has 0 radical (unpaired) electrons. The average Bonchev–Trinajstić information content (AvgIpc) is 2.50. The number of nitrogens with zero attached hydrogens (tertiary/aromatic N) is 1. The van der Waals surface area contributed by atoms with Crippen molar-refractivity contribution in [2.24, 2.45) is 0 Å². The predicted octanol–water partition coefficient (Wildman–Crippen LogP) is 3.43. The van der Waals surface area contributed by atoms with Gasteiger partial charge in [-0.05, 0) is 30.2 Å². The number of carbonyl (C=O) groups is 1. The summed E-state index contributed by atoms with van der Waals surface area (Å²) < 4.78 is 32.4. The number of carbonyl (C=O) groups excluding carboxylic acids is 1. The van der Waals surface area contributed by atoms with Gasteiger partial charge in [0.05, 0.1) is 18.7 Å². The lowest BCUT2D eigenvalue weighted by Gasteiger charge is -2.39. The summed E-state index contributed by atoms with van der Waals surface area (Å²) >= 11 is 0. The molecule has 0 aromatic heterocycles. The van der Waals surface area contributed by atoms with E-state index in [2.05, 4.69) is 6.92 Å². The summed E-state index contributed by atoms with van der Waals surface area (Å²) in [5.41, 5.74) is 1.00. The van der Waals surface area contributed by atoms with Gasteiger partial charge in [-0.1, -0.05) is 25.1 Å². The van der Waals surface area contributed by atoms with Gasteiger partial charge in [0.15, 0.2) is 0 Å². The van der Waals surface area contributed by atoms with Crippen molar-refractivity contribution in [2.75, 3.05) is 13.1 Å². The van der Waals surface area contributed by atoms with Crippen LogP contribution in [0.4, 0.5) is 8.78 Å². The van der Waals surface area contributed by atoms with E-state index in [1.165, 1.54) is 11.0 Å². The molecule has 0 atom stereocenters. The first-order valence-corrected chi connectivity index (χ1v) is 7.57. The molecule has 23 heavy (non-hydrogen) atoms. The normalized spacial score (nSPS) is 14.5. The minimum Gasteiger partial charge on any atom is -0.486 e. The van der Waals surface area contributed by atoms with Crippen molar-refractivity contribution in [1.29, 1.82) is 0 Å². The molecule has 120 valence electrons. The summed E-state index contributed by atoms with van der Waals surface area (Å²) in [5, 5.41) is 0. The Kier molecular flexibility index (Phi) is 4.28. The lowest BCUT2D eigenvalue weighted by Crippen LogP contribution is -2.56. The summed E-state index contributed by atoms with van der Waals surface area (Å²) in [6.07, 6.45) is 0.766. The van der Waals surface area contributed by atoms with Crippen molar-refractivity contribution >= 4 is 5.91 Å². The van der Waals surface area contributed by atoms with E-state index in [1.54, 1.807) is 0 Å². The van der Waals surface area contributed by atoms with Crippen LogP contribution >= 0.6 is 0 Å². The van der Waals surface area contributed by atoms with Crippen LogP contribution in [0.3, 0.4) is 0 Å². The Morgan fingerprint density at radius 2 is 1.96 bits per heavy atom. The third kappa shape index (κ3) is 3.18. The van der Waals surface area contributed by atoms with E-state index in [0.29, 0.717) is 13.1 Å². The van der Waals surface area contributed by atoms with Crippen molar-refractivity contribution in [3.8, 4) is 5.75 Å². The topological polar surface area (TPSA) is 29.5 Å². The molecule has 1 fully saturated rings. The molecule has 3 nitrogen and oxygen atoms in total. The van der Waals surface area contributed by atoms with Crippen molar-refractivity contribution in [3.63, 3.8) is 0 Å². The van der Waals surface area contributed by atoms with Crippen LogP contribution < -0.4 is 4.74 Å². The number of hydrogen-bond donors (Lipinski definition) is 0. The van der Waals surface area contributed by atoms with Gasteiger partial charge in [0, 0.05) is 6.07 Å². The van der Waals surface area contributed by atoms with Crippen LogP contribution in [0.2, 0.25) is 0 Å². The van der Waals surface area contributed by atoms with Gasteiger partial charge in [-0.2, -0.15) is 0 Å². The third-order valence-corrected chi connectivity index (χ3v) is 3.94. The minimum atomic E-state index is -0.837. The minimum absolute atomic E-state index is 0.102. The van der Waals surface area contributed by atoms with Crippen LogP contribution in [0, 0.1) is 11.6 Å². The molecule has 1 aliphatic heterocycles. The maximum absolute atomic E-state index is 13.6. The fourth-order valence-electron chi connectivity index (χ4n) is 2.60. The van der Waals surface area contributed by atoms with E-state index >= 15 is 0 Å². The number of amides is 1. The highest BCUT2D eigenvalue weighted by Gasteiger charge is 2.34. The molecule has 0 N–H and O–H groups in total. The largest absolute Gasteiger partial charge is 0.486 e. The Labute approximate surface area is 133 Å². The van der Waals surface area contributed by atoms with E-state index in [1.807, 2.05) is 24.3 Å². The van der Waals surface area contributed by atoms with Gasteiger partial charge in [-0.3, -0.25) is 4.79 Å². The standard InChI is InChI=1S/C18H17F2NO2/c1-2-12-5-3-4-6-17(12)23-14-10-21(11-14)18(22)15-8-7-13(19)9-16(15)20/h3-9,14H,2,10-11H2,1H3. The van der Waals surface area contributed by atoms with Gasteiger partial charge in [0.2, 0.25) is 0 Å². The number of likely N-dealkylation sites (tertiary alicyclic amines) is 1. The number of halogens is 2. The predicted molar refractivity (Wildman–Crippen MR) is 82.5 cm³/mol. The van der Waals surface area contributed by atoms with Crippen LogP contribution in [0.1, 0.15) is 22.8 Å². The first-order valence-electron chi connectivity index (χ1n) is 7.57. The van der Waals surface area contributed by atoms with Gasteiger partial charge in [0.25, 0.3) is 5.91 Å². The molecule has 1 aliphatic rings. The Bertz CT molecular complexity index is 727. The Morgan fingerprint density at radius 3 is 2.65 bits per heavy atom. The van der Waals surface area contributed by atoms with Crippen LogP contribution in [-0.2, 0) is 6.42 Å². The first-order chi connectivity index (χ1) is 11.1. The van der Waals surface area contributed by atoms with E-state index in [9.17, 15) is 13.6 Å². The molecule has 3 rings (SSSR count). The fourth-order valence-corrected chi connectivity index (χ4v) is 2.60. The average molecular weight is 317 g/mol. The highest BCUT2D eigenvalue weighted by atomic mass is 19.1. The van der Waals surface area contributed by atoms with Crippen molar-refractivity contribution in [1.82, 2.24) is 4.90 Å². The van der Waals surface area contributed by atoms with Gasteiger partial charge in [-0.25, -0.2) is 8.78 Å². The van der Waals surface area contributed by atoms with E-state index in [0.717, 1.165) is 29.9 Å². The van der Waals surface area contributed by atoms with Crippen molar-refractivity contribution in [2.45, 2.75) is 19.4 Å². The zero-order chi connectivity index (χ0) is 16.4. The van der Waals surface area contributed by atoms with Crippen LogP contribution in [0.5, 0.6) is 5.75 Å². The molecular weight excluding hydrogens is 300 g/mol. The van der Waals surface area contributed by atoms with Crippen LogP contribution in [-0.4, -0.2) is 30.0 Å². The van der Waals surface area contributed by atoms with E-state index < -0.39 is 17.5 Å². The molecule has 1 saturated heterocycles. The summed E-state index contributed by atoms with van der Waals surface area (Å²) in [6.45, 7) is 2.84. The van der Waals surface area contributed by atoms with Gasteiger partial charge in [0.1, 0.15) is 23.5 Å². The summed E-state index contributed by atoms with van der Waals surface area (Å²) in [6, 6.07) is 10.8. The van der Waals surface area contributed by atoms with Crippen LogP contribution in [0.15, 0.2) is 42.5 Å². The molecule has 0 unspecified atom stereocenters. The molecule has 2 aromatic carbocycles. The Balaban J connectivity index is 1.61. The quantitative estimate of drug-likeness (QED) is 0.864. The molecule has 0 saturated carbocycles. The first kappa shape index (κ1) is 15.5. The molecule has 0 aliphatic carbocycles. The summed E-state index contributed by atoms with van der Waals surface area (Å²) in [7, 11) is 0. The van der Waals surface area contributed by atoms with E-state index in [-0.39, 0.29) is 11.7 Å². The zero-order valence-electron chi connectivity index (χ0n) is 12.8. The zero-order valence-corrected chi connectivity index (χ0v) is 12.8. The number of ether oxygens (including phenoxy) is 1. The lowest BCUT2D eigenvalue weighted by molar-refractivity contribution is 0.0171. The molecule has 0 spiro atoms. The second-order valence-corrected chi connectivity index (χ2v) is 5.54. The van der Waals surface area contributed by atoms with Crippen molar-refractivity contribution < 1.29 is 18.3 Å². The van der Waals surface area contributed by atoms with Gasteiger partial charge < -0.3 is 9.64 Å². The fraction of sp³-hybridized carbons (Fsp3) is 0.278. The van der Waals surface area contributed by atoms with Crippen LogP contribution in [0.25, 0.3) is 0 Å². The number of para-hydroxylation sites is 1. The highest BCUT2D eigenvalue weighted by Crippen LogP contribution is 2.24. The number of aryl methyl sites for hydroxylation is 1. The molecule has 1 amide bonds. The molecule has 5 heteroatoms. The molecule has 2 aromatic rings. The molecular formula is C18H17F2NO2. The second-order valence-electron chi connectivity index (χ2n) is 5.54. The molecule has 0 bridgehead atoms. The van der Waals surface area contributed by atoms with Crippen molar-refractivity contribution in [3.05, 3.63) is 65.2 Å². The smallest absolute Gasteiger partial charge is 0.257 e. The third-order valence-electron chi connectivity index (χ3n) is 3.94. The van der Waals surface area contributed by atoms with Gasteiger partial charge >= 0.3 is 0 Å².